The average Bonchev–Trinajstić information content (AvgIpc) is 2.67. The van der Waals surface area contributed by atoms with E-state index in [-0.39, 0.29) is 5.82 Å². The molecule has 1 N–H and O–H groups in total. The summed E-state index contributed by atoms with van der Waals surface area (Å²) in [6, 6.07) is 7.93. The molecular formula is C18H28FN. The number of nitrogens with one attached hydrogen (secondary N) is 1. The van der Waals surface area contributed by atoms with Crippen LogP contribution in [0.2, 0.25) is 0 Å². The zero-order valence-corrected chi connectivity index (χ0v) is 12.9. The van der Waals surface area contributed by atoms with Gasteiger partial charge in [-0.15, -0.1) is 0 Å². The van der Waals surface area contributed by atoms with Gasteiger partial charge in [0, 0.05) is 12.1 Å². The van der Waals surface area contributed by atoms with E-state index in [1.165, 1.54) is 44.6 Å². The van der Waals surface area contributed by atoms with Gasteiger partial charge in [0.15, 0.2) is 0 Å². The largest absolute Gasteiger partial charge is 0.311 e. The molecule has 2 rings (SSSR count). The molecule has 1 saturated carbocycles. The molecule has 1 nitrogen and oxygen atoms in total. The Kier molecular flexibility index (Phi) is 6.03. The van der Waals surface area contributed by atoms with Crippen LogP contribution in [0.25, 0.3) is 0 Å². The van der Waals surface area contributed by atoms with Crippen molar-refractivity contribution in [1.29, 1.82) is 0 Å². The fraction of sp³-hybridized carbons (Fsp3) is 0.667. The second-order valence-electron chi connectivity index (χ2n) is 6.44. The minimum absolute atomic E-state index is 0.133. The van der Waals surface area contributed by atoms with Crippen LogP contribution in [-0.4, -0.2) is 12.1 Å². The average molecular weight is 277 g/mol. The third-order valence-electron chi connectivity index (χ3n) is 4.59. The first kappa shape index (κ1) is 15.5. The SMILES string of the molecule is CC(Cc1cccc(F)c1)N[C@@H](C)C1CCCCCC1. The molecule has 1 fully saturated rings. The van der Waals surface area contributed by atoms with Gasteiger partial charge in [0.2, 0.25) is 0 Å². The van der Waals surface area contributed by atoms with Gasteiger partial charge in [-0.3, -0.25) is 0 Å². The normalized spacial score (nSPS) is 20.4. The minimum atomic E-state index is -0.133. The van der Waals surface area contributed by atoms with E-state index in [0.29, 0.717) is 12.1 Å². The number of halogens is 1. The smallest absolute Gasteiger partial charge is 0.123 e. The molecule has 1 unspecified atom stereocenters. The van der Waals surface area contributed by atoms with Crippen molar-refractivity contribution >= 4 is 0 Å². The lowest BCUT2D eigenvalue weighted by Crippen LogP contribution is -2.40. The van der Waals surface area contributed by atoms with Gasteiger partial charge in [0.25, 0.3) is 0 Å². The lowest BCUT2D eigenvalue weighted by Gasteiger charge is -2.27. The molecule has 1 aromatic carbocycles. The fourth-order valence-electron chi connectivity index (χ4n) is 3.47. The van der Waals surface area contributed by atoms with E-state index in [0.717, 1.165) is 17.9 Å². The molecule has 20 heavy (non-hydrogen) atoms. The molecule has 0 saturated heterocycles. The summed E-state index contributed by atoms with van der Waals surface area (Å²) in [7, 11) is 0. The molecule has 0 aliphatic heterocycles. The predicted octanol–water partition coefficient (Wildman–Crippen LogP) is 4.71. The third-order valence-corrected chi connectivity index (χ3v) is 4.59. The zero-order chi connectivity index (χ0) is 14.4. The molecule has 0 spiro atoms. The van der Waals surface area contributed by atoms with Crippen LogP contribution < -0.4 is 5.32 Å². The fourth-order valence-corrected chi connectivity index (χ4v) is 3.47. The van der Waals surface area contributed by atoms with E-state index in [4.69, 9.17) is 0 Å². The summed E-state index contributed by atoms with van der Waals surface area (Å²) in [5.41, 5.74) is 1.08. The van der Waals surface area contributed by atoms with Crippen LogP contribution in [-0.2, 0) is 6.42 Å². The first-order valence-electron chi connectivity index (χ1n) is 8.15. The lowest BCUT2D eigenvalue weighted by molar-refractivity contribution is 0.313. The van der Waals surface area contributed by atoms with Crippen molar-refractivity contribution in [2.45, 2.75) is 70.9 Å². The molecule has 0 aromatic heterocycles. The van der Waals surface area contributed by atoms with Gasteiger partial charge in [-0.05, 0) is 56.7 Å². The highest BCUT2D eigenvalue weighted by Gasteiger charge is 2.20. The Bertz CT molecular complexity index is 396. The first-order chi connectivity index (χ1) is 9.65. The maximum absolute atomic E-state index is 13.2. The molecule has 112 valence electrons. The van der Waals surface area contributed by atoms with Crippen LogP contribution in [0, 0.1) is 11.7 Å². The van der Waals surface area contributed by atoms with E-state index >= 15 is 0 Å². The summed E-state index contributed by atoms with van der Waals surface area (Å²) >= 11 is 0. The Balaban J connectivity index is 1.82. The maximum atomic E-state index is 13.2. The van der Waals surface area contributed by atoms with Gasteiger partial charge in [0.05, 0.1) is 0 Å². The maximum Gasteiger partial charge on any atom is 0.123 e. The van der Waals surface area contributed by atoms with Crippen molar-refractivity contribution in [1.82, 2.24) is 5.32 Å². The van der Waals surface area contributed by atoms with Crippen molar-refractivity contribution in [3.8, 4) is 0 Å². The monoisotopic (exact) mass is 277 g/mol. The van der Waals surface area contributed by atoms with Gasteiger partial charge in [-0.1, -0.05) is 37.8 Å². The molecule has 0 bridgehead atoms. The second-order valence-corrected chi connectivity index (χ2v) is 6.44. The van der Waals surface area contributed by atoms with Crippen LogP contribution in [0.1, 0.15) is 57.9 Å². The van der Waals surface area contributed by atoms with Crippen LogP contribution in [0.15, 0.2) is 24.3 Å². The topological polar surface area (TPSA) is 12.0 Å². The molecule has 1 aromatic rings. The Labute approximate surface area is 123 Å². The van der Waals surface area contributed by atoms with Crippen molar-refractivity contribution in [2.24, 2.45) is 5.92 Å². The molecule has 0 heterocycles. The highest BCUT2D eigenvalue weighted by atomic mass is 19.1. The summed E-state index contributed by atoms with van der Waals surface area (Å²) in [5, 5.41) is 3.72. The molecule has 0 amide bonds. The standard InChI is InChI=1S/C18H28FN/c1-14(12-16-8-7-11-18(19)13-16)20-15(2)17-9-5-3-4-6-10-17/h7-8,11,13-15,17,20H,3-6,9-10,12H2,1-2H3/t14?,15-/m0/s1. The Morgan fingerprint density at radius 1 is 1.15 bits per heavy atom. The molecule has 1 aliphatic rings. The van der Waals surface area contributed by atoms with Gasteiger partial charge in [0.1, 0.15) is 5.82 Å². The van der Waals surface area contributed by atoms with Crippen LogP contribution in [0.4, 0.5) is 4.39 Å². The second kappa shape index (κ2) is 7.78. The van der Waals surface area contributed by atoms with E-state index < -0.39 is 0 Å². The van der Waals surface area contributed by atoms with E-state index in [2.05, 4.69) is 19.2 Å². The first-order valence-corrected chi connectivity index (χ1v) is 8.15. The predicted molar refractivity (Wildman–Crippen MR) is 83.4 cm³/mol. The Morgan fingerprint density at radius 2 is 1.85 bits per heavy atom. The molecule has 2 atom stereocenters. The van der Waals surface area contributed by atoms with Crippen molar-refractivity contribution in [3.63, 3.8) is 0 Å². The minimum Gasteiger partial charge on any atom is -0.311 e. The molecule has 0 radical (unpaired) electrons. The van der Waals surface area contributed by atoms with E-state index in [1.54, 1.807) is 12.1 Å². The van der Waals surface area contributed by atoms with Crippen LogP contribution >= 0.6 is 0 Å². The quantitative estimate of drug-likeness (QED) is 0.769. The number of hydrogen-bond acceptors (Lipinski definition) is 1. The van der Waals surface area contributed by atoms with E-state index in [1.807, 2.05) is 6.07 Å². The lowest BCUT2D eigenvalue weighted by atomic mass is 9.92. The van der Waals surface area contributed by atoms with E-state index in [9.17, 15) is 4.39 Å². The highest BCUT2D eigenvalue weighted by molar-refractivity contribution is 5.17. The molecule has 2 heteroatoms. The summed E-state index contributed by atoms with van der Waals surface area (Å²) < 4.78 is 13.2. The van der Waals surface area contributed by atoms with Crippen molar-refractivity contribution in [3.05, 3.63) is 35.6 Å². The highest BCUT2D eigenvalue weighted by Crippen LogP contribution is 2.25. The van der Waals surface area contributed by atoms with Crippen molar-refractivity contribution < 1.29 is 4.39 Å². The summed E-state index contributed by atoms with van der Waals surface area (Å²) in [6.45, 7) is 4.52. The molecule has 1 aliphatic carbocycles. The van der Waals surface area contributed by atoms with Gasteiger partial charge >= 0.3 is 0 Å². The van der Waals surface area contributed by atoms with Crippen LogP contribution in [0.3, 0.4) is 0 Å². The number of rotatable bonds is 5. The molecular weight excluding hydrogens is 249 g/mol. The van der Waals surface area contributed by atoms with Gasteiger partial charge in [-0.25, -0.2) is 4.39 Å². The van der Waals surface area contributed by atoms with Crippen LogP contribution in [0.5, 0.6) is 0 Å². The van der Waals surface area contributed by atoms with Gasteiger partial charge < -0.3 is 5.32 Å². The Hall–Kier alpha value is -0.890. The number of benzene rings is 1. The van der Waals surface area contributed by atoms with Crippen molar-refractivity contribution in [2.75, 3.05) is 0 Å². The zero-order valence-electron chi connectivity index (χ0n) is 12.9. The summed E-state index contributed by atoms with van der Waals surface area (Å²) in [4.78, 5) is 0. The third kappa shape index (κ3) is 4.90. The summed E-state index contributed by atoms with van der Waals surface area (Å²) in [6.07, 6.45) is 9.20. The van der Waals surface area contributed by atoms with Gasteiger partial charge in [-0.2, -0.15) is 0 Å². The number of hydrogen-bond donors (Lipinski definition) is 1. The summed E-state index contributed by atoms with van der Waals surface area (Å²) in [5.74, 6) is 0.680. The Morgan fingerprint density at radius 3 is 2.50 bits per heavy atom.